The monoisotopic (exact) mass is 340 g/mol. The van der Waals surface area contributed by atoms with Gasteiger partial charge in [0.1, 0.15) is 0 Å². The average molecular weight is 340 g/mol. The summed E-state index contributed by atoms with van der Waals surface area (Å²) in [5.41, 5.74) is 1.90. The summed E-state index contributed by atoms with van der Waals surface area (Å²) in [5, 5.41) is 17.3. The molecule has 3 aromatic rings. The molecule has 3 aromatic heterocycles. The van der Waals surface area contributed by atoms with Crippen LogP contribution in [-0.4, -0.2) is 43.0 Å². The highest BCUT2D eigenvalue weighted by molar-refractivity contribution is 5.37. The van der Waals surface area contributed by atoms with Crippen LogP contribution in [0.15, 0.2) is 28.9 Å². The highest BCUT2D eigenvalue weighted by Crippen LogP contribution is 2.28. The lowest BCUT2D eigenvalue weighted by atomic mass is 9.92. The zero-order chi connectivity index (χ0) is 17.4. The minimum absolute atomic E-state index is 0.0101. The van der Waals surface area contributed by atoms with E-state index in [-0.39, 0.29) is 5.41 Å². The number of fused-ring (bicyclic) bond motifs is 1. The predicted molar refractivity (Wildman–Crippen MR) is 93.2 cm³/mol. The highest BCUT2D eigenvalue weighted by Gasteiger charge is 2.26. The van der Waals surface area contributed by atoms with Crippen LogP contribution in [0.1, 0.15) is 56.8 Å². The number of hydrogen-bond donors (Lipinski definition) is 0. The summed E-state index contributed by atoms with van der Waals surface area (Å²) in [6, 6.07) is 5.99. The van der Waals surface area contributed by atoms with Gasteiger partial charge in [0, 0.05) is 17.4 Å². The van der Waals surface area contributed by atoms with Gasteiger partial charge in [0.15, 0.2) is 17.2 Å². The average Bonchev–Trinajstić information content (AvgIpc) is 3.23. The molecule has 0 spiro atoms. The molecule has 1 aliphatic rings. The van der Waals surface area contributed by atoms with Gasteiger partial charge in [-0.15, -0.1) is 10.2 Å². The molecule has 7 heteroatoms. The zero-order valence-corrected chi connectivity index (χ0v) is 15.0. The molecule has 1 saturated heterocycles. The molecule has 0 N–H and O–H groups in total. The van der Waals surface area contributed by atoms with Gasteiger partial charge in [-0.05, 0) is 38.1 Å². The Labute approximate surface area is 147 Å². The second kappa shape index (κ2) is 6.22. The van der Waals surface area contributed by atoms with Crippen molar-refractivity contribution >= 4 is 5.65 Å². The summed E-state index contributed by atoms with van der Waals surface area (Å²) in [7, 11) is 0. The third kappa shape index (κ3) is 3.28. The van der Waals surface area contributed by atoms with E-state index in [0.717, 1.165) is 55.4 Å². The number of hydrogen-bond acceptors (Lipinski definition) is 6. The molecular formula is C18H24N6O. The van der Waals surface area contributed by atoms with Crippen molar-refractivity contribution in [1.29, 1.82) is 0 Å². The SMILES string of the molecule is CC(C)(C)c1ccc2nnc(C3CCN(Cc4ccno4)CC3)n2n1. The maximum absolute atomic E-state index is 5.21. The first-order valence-corrected chi connectivity index (χ1v) is 8.85. The first kappa shape index (κ1) is 16.2. The van der Waals surface area contributed by atoms with Crippen LogP contribution < -0.4 is 0 Å². The van der Waals surface area contributed by atoms with E-state index in [1.54, 1.807) is 6.20 Å². The first-order valence-electron chi connectivity index (χ1n) is 8.85. The fourth-order valence-electron chi connectivity index (χ4n) is 3.35. The summed E-state index contributed by atoms with van der Waals surface area (Å²) in [6.07, 6.45) is 3.80. The summed E-state index contributed by atoms with van der Waals surface area (Å²) < 4.78 is 7.15. The van der Waals surface area contributed by atoms with Crippen molar-refractivity contribution in [3.05, 3.63) is 41.7 Å². The Bertz CT molecular complexity index is 840. The normalized spacial score (nSPS) is 17.4. The Balaban J connectivity index is 1.51. The second-order valence-electron chi connectivity index (χ2n) is 7.83. The standard InChI is InChI=1S/C18H24N6O/c1-18(2,3)15-4-5-16-20-21-17(24(16)22-15)13-7-10-23(11-8-13)12-14-6-9-19-25-14/h4-6,9,13H,7-8,10-12H2,1-3H3. The Morgan fingerprint density at radius 3 is 2.60 bits per heavy atom. The third-order valence-corrected chi connectivity index (χ3v) is 4.88. The van der Waals surface area contributed by atoms with Crippen LogP contribution in [-0.2, 0) is 12.0 Å². The molecule has 25 heavy (non-hydrogen) atoms. The van der Waals surface area contributed by atoms with Crippen LogP contribution in [0.25, 0.3) is 5.65 Å². The number of nitrogens with zero attached hydrogens (tertiary/aromatic N) is 6. The van der Waals surface area contributed by atoms with Gasteiger partial charge in [-0.3, -0.25) is 4.90 Å². The molecule has 7 nitrogen and oxygen atoms in total. The molecule has 0 atom stereocenters. The largest absolute Gasteiger partial charge is 0.360 e. The zero-order valence-electron chi connectivity index (χ0n) is 15.0. The fraction of sp³-hybridized carbons (Fsp3) is 0.556. The Hall–Kier alpha value is -2.28. The van der Waals surface area contributed by atoms with Gasteiger partial charge in [0.25, 0.3) is 0 Å². The van der Waals surface area contributed by atoms with Gasteiger partial charge in [-0.1, -0.05) is 25.9 Å². The van der Waals surface area contributed by atoms with Crippen molar-refractivity contribution in [2.24, 2.45) is 0 Å². The van der Waals surface area contributed by atoms with Gasteiger partial charge in [-0.25, -0.2) is 0 Å². The molecule has 1 aliphatic heterocycles. The van der Waals surface area contributed by atoms with Crippen LogP contribution in [0, 0.1) is 0 Å². The molecule has 1 fully saturated rings. The summed E-state index contributed by atoms with van der Waals surface area (Å²) in [5.74, 6) is 2.30. The number of rotatable bonds is 3. The molecule has 0 amide bonds. The van der Waals surface area contributed by atoms with Crippen molar-refractivity contribution in [2.45, 2.75) is 51.5 Å². The van der Waals surface area contributed by atoms with Gasteiger partial charge in [0.2, 0.25) is 0 Å². The molecule has 0 aromatic carbocycles. The first-order chi connectivity index (χ1) is 12.0. The van der Waals surface area contributed by atoms with E-state index in [2.05, 4.69) is 41.0 Å². The van der Waals surface area contributed by atoms with Crippen LogP contribution in [0.3, 0.4) is 0 Å². The summed E-state index contributed by atoms with van der Waals surface area (Å²) in [6.45, 7) is 9.37. The Kier molecular flexibility index (Phi) is 4.03. The van der Waals surface area contributed by atoms with E-state index in [4.69, 9.17) is 9.62 Å². The van der Waals surface area contributed by atoms with E-state index in [1.165, 1.54) is 0 Å². The molecule has 4 heterocycles. The topological polar surface area (TPSA) is 72.4 Å². The van der Waals surface area contributed by atoms with Crippen LogP contribution >= 0.6 is 0 Å². The van der Waals surface area contributed by atoms with Crippen molar-refractivity contribution in [1.82, 2.24) is 29.9 Å². The van der Waals surface area contributed by atoms with E-state index in [0.29, 0.717) is 5.92 Å². The number of aromatic nitrogens is 5. The third-order valence-electron chi connectivity index (χ3n) is 4.88. The van der Waals surface area contributed by atoms with Gasteiger partial charge >= 0.3 is 0 Å². The minimum atomic E-state index is 0.0101. The van der Waals surface area contributed by atoms with E-state index < -0.39 is 0 Å². The lowest BCUT2D eigenvalue weighted by molar-refractivity contribution is 0.181. The molecule has 0 radical (unpaired) electrons. The maximum Gasteiger partial charge on any atom is 0.177 e. The summed E-state index contributed by atoms with van der Waals surface area (Å²) in [4.78, 5) is 2.40. The maximum atomic E-state index is 5.21. The van der Waals surface area contributed by atoms with Gasteiger partial charge in [0.05, 0.1) is 18.4 Å². The lowest BCUT2D eigenvalue weighted by Crippen LogP contribution is -2.33. The van der Waals surface area contributed by atoms with Crippen molar-refractivity contribution in [3.8, 4) is 0 Å². The van der Waals surface area contributed by atoms with Crippen molar-refractivity contribution in [2.75, 3.05) is 13.1 Å². The Morgan fingerprint density at radius 1 is 1.12 bits per heavy atom. The molecular weight excluding hydrogens is 316 g/mol. The highest BCUT2D eigenvalue weighted by atomic mass is 16.5. The van der Waals surface area contributed by atoms with Crippen LogP contribution in [0.5, 0.6) is 0 Å². The van der Waals surface area contributed by atoms with Crippen LogP contribution in [0.2, 0.25) is 0 Å². The predicted octanol–water partition coefficient (Wildman–Crippen LogP) is 2.79. The minimum Gasteiger partial charge on any atom is -0.360 e. The Morgan fingerprint density at radius 2 is 1.92 bits per heavy atom. The smallest absolute Gasteiger partial charge is 0.177 e. The van der Waals surface area contributed by atoms with E-state index in [1.807, 2.05) is 22.7 Å². The lowest BCUT2D eigenvalue weighted by Gasteiger charge is -2.30. The molecule has 132 valence electrons. The van der Waals surface area contributed by atoms with Gasteiger partial charge in [-0.2, -0.15) is 9.61 Å². The van der Waals surface area contributed by atoms with Crippen molar-refractivity contribution < 1.29 is 4.52 Å². The quantitative estimate of drug-likeness (QED) is 0.730. The molecule has 4 rings (SSSR count). The van der Waals surface area contributed by atoms with Crippen LogP contribution in [0.4, 0.5) is 0 Å². The molecule has 0 aliphatic carbocycles. The molecule has 0 unspecified atom stereocenters. The summed E-state index contributed by atoms with van der Waals surface area (Å²) >= 11 is 0. The van der Waals surface area contributed by atoms with E-state index in [9.17, 15) is 0 Å². The number of piperidine rings is 1. The van der Waals surface area contributed by atoms with Gasteiger partial charge < -0.3 is 4.52 Å². The second-order valence-corrected chi connectivity index (χ2v) is 7.83. The molecule has 0 bridgehead atoms. The molecule has 0 saturated carbocycles. The number of likely N-dealkylation sites (tertiary alicyclic amines) is 1. The van der Waals surface area contributed by atoms with E-state index >= 15 is 0 Å². The van der Waals surface area contributed by atoms with Crippen molar-refractivity contribution in [3.63, 3.8) is 0 Å². The fourth-order valence-corrected chi connectivity index (χ4v) is 3.35.